The molecule has 1 saturated heterocycles. The maximum atomic E-state index is 13.3. The molecule has 1 atom stereocenters. The third kappa shape index (κ3) is 3.21. The molecule has 1 unspecified atom stereocenters. The number of rotatable bonds is 5. The number of nitrogens with zero attached hydrogens (tertiary/aromatic N) is 1. The minimum atomic E-state index is -0.258. The summed E-state index contributed by atoms with van der Waals surface area (Å²) >= 11 is 0. The quantitative estimate of drug-likeness (QED) is 0.786. The normalized spacial score (nSPS) is 19.5. The summed E-state index contributed by atoms with van der Waals surface area (Å²) in [5, 5.41) is 12.9. The first-order chi connectivity index (χ1) is 8.70. The zero-order chi connectivity index (χ0) is 13.0. The molecule has 0 bridgehead atoms. The van der Waals surface area contributed by atoms with Crippen molar-refractivity contribution in [3.05, 3.63) is 29.6 Å². The van der Waals surface area contributed by atoms with Crippen LogP contribution in [0.2, 0.25) is 0 Å². The van der Waals surface area contributed by atoms with Crippen molar-refractivity contribution in [2.75, 3.05) is 24.5 Å². The van der Waals surface area contributed by atoms with Crippen LogP contribution in [0.5, 0.6) is 0 Å². The average Bonchev–Trinajstić information content (AvgIpc) is 2.76. The highest BCUT2D eigenvalue weighted by atomic mass is 19.1. The van der Waals surface area contributed by atoms with Crippen molar-refractivity contribution >= 4 is 5.69 Å². The average molecular weight is 252 g/mol. The zero-order valence-corrected chi connectivity index (χ0v) is 10.8. The highest BCUT2D eigenvalue weighted by Gasteiger charge is 2.22. The lowest BCUT2D eigenvalue weighted by Gasteiger charge is -2.22. The number of anilines is 1. The van der Waals surface area contributed by atoms with E-state index in [1.165, 1.54) is 6.07 Å². The monoisotopic (exact) mass is 252 g/mol. The molecular weight excluding hydrogens is 231 g/mol. The second-order valence-electron chi connectivity index (χ2n) is 4.84. The predicted octanol–water partition coefficient (Wildman–Crippen LogP) is 1.90. The van der Waals surface area contributed by atoms with Gasteiger partial charge in [0.25, 0.3) is 0 Å². The summed E-state index contributed by atoms with van der Waals surface area (Å²) in [6, 6.07) is 4.89. The van der Waals surface area contributed by atoms with Gasteiger partial charge in [-0.3, -0.25) is 0 Å². The zero-order valence-electron chi connectivity index (χ0n) is 10.8. The second-order valence-corrected chi connectivity index (χ2v) is 4.84. The summed E-state index contributed by atoms with van der Waals surface area (Å²) in [4.78, 5) is 2.13. The lowest BCUT2D eigenvalue weighted by Crippen LogP contribution is -2.24. The molecule has 4 heteroatoms. The van der Waals surface area contributed by atoms with E-state index in [2.05, 4.69) is 17.1 Å². The first-order valence-electron chi connectivity index (χ1n) is 6.63. The van der Waals surface area contributed by atoms with Crippen molar-refractivity contribution in [2.45, 2.75) is 32.4 Å². The van der Waals surface area contributed by atoms with Crippen LogP contribution in [0.1, 0.15) is 25.3 Å². The van der Waals surface area contributed by atoms with Crippen LogP contribution in [0.3, 0.4) is 0 Å². The lowest BCUT2D eigenvalue weighted by molar-refractivity contribution is 0.198. The molecule has 0 radical (unpaired) electrons. The molecule has 1 fully saturated rings. The van der Waals surface area contributed by atoms with Crippen LogP contribution in [-0.2, 0) is 6.54 Å². The van der Waals surface area contributed by atoms with Gasteiger partial charge in [0.15, 0.2) is 0 Å². The van der Waals surface area contributed by atoms with E-state index in [4.69, 9.17) is 0 Å². The molecule has 0 aliphatic carbocycles. The van der Waals surface area contributed by atoms with Crippen LogP contribution < -0.4 is 10.2 Å². The standard InChI is InChI=1S/C14H21FN2O/c1-2-6-16-9-11-8-12(15)3-4-14(11)17-7-5-13(18)10-17/h3-4,8,13,16,18H,2,5-7,9-10H2,1H3. The van der Waals surface area contributed by atoms with E-state index in [-0.39, 0.29) is 11.9 Å². The Bertz CT molecular complexity index is 397. The Labute approximate surface area is 108 Å². The Balaban J connectivity index is 2.12. The van der Waals surface area contributed by atoms with Crippen LogP contribution in [-0.4, -0.2) is 30.8 Å². The van der Waals surface area contributed by atoms with E-state index < -0.39 is 0 Å². The van der Waals surface area contributed by atoms with E-state index in [1.54, 1.807) is 6.07 Å². The van der Waals surface area contributed by atoms with Crippen LogP contribution >= 0.6 is 0 Å². The molecule has 100 valence electrons. The molecule has 2 rings (SSSR count). The fraction of sp³-hybridized carbons (Fsp3) is 0.571. The number of β-amino-alcohol motifs (C(OH)–C–C–N with tert-alkyl or cyclic N) is 1. The van der Waals surface area contributed by atoms with Gasteiger partial charge in [0, 0.05) is 25.3 Å². The maximum Gasteiger partial charge on any atom is 0.123 e. The Hall–Kier alpha value is -1.13. The van der Waals surface area contributed by atoms with E-state index in [0.717, 1.165) is 37.2 Å². The van der Waals surface area contributed by atoms with Crippen LogP contribution in [0, 0.1) is 5.82 Å². The molecule has 1 aromatic carbocycles. The minimum Gasteiger partial charge on any atom is -0.391 e. The largest absolute Gasteiger partial charge is 0.391 e. The van der Waals surface area contributed by atoms with E-state index in [1.807, 2.05) is 6.07 Å². The topological polar surface area (TPSA) is 35.5 Å². The Kier molecular flexibility index (Phi) is 4.55. The summed E-state index contributed by atoms with van der Waals surface area (Å²) in [5.74, 6) is -0.202. The van der Waals surface area contributed by atoms with E-state index >= 15 is 0 Å². The third-order valence-corrected chi connectivity index (χ3v) is 3.29. The van der Waals surface area contributed by atoms with Crippen molar-refractivity contribution in [3.63, 3.8) is 0 Å². The van der Waals surface area contributed by atoms with Crippen molar-refractivity contribution in [2.24, 2.45) is 0 Å². The molecule has 2 N–H and O–H groups in total. The van der Waals surface area contributed by atoms with Gasteiger partial charge >= 0.3 is 0 Å². The second kappa shape index (κ2) is 6.16. The molecule has 0 amide bonds. The predicted molar refractivity (Wildman–Crippen MR) is 71.2 cm³/mol. The summed E-state index contributed by atoms with van der Waals surface area (Å²) < 4.78 is 13.3. The van der Waals surface area contributed by atoms with Gasteiger partial charge in [-0.2, -0.15) is 0 Å². The number of nitrogens with one attached hydrogen (secondary N) is 1. The van der Waals surface area contributed by atoms with Gasteiger partial charge < -0.3 is 15.3 Å². The van der Waals surface area contributed by atoms with E-state index in [0.29, 0.717) is 13.1 Å². The highest BCUT2D eigenvalue weighted by Crippen LogP contribution is 2.25. The molecule has 1 aliphatic heterocycles. The summed E-state index contributed by atoms with van der Waals surface area (Å²) in [6.07, 6.45) is 1.60. The molecular formula is C14H21FN2O. The van der Waals surface area contributed by atoms with Gasteiger partial charge in [0.1, 0.15) is 5.82 Å². The molecule has 18 heavy (non-hydrogen) atoms. The molecule has 1 heterocycles. The van der Waals surface area contributed by atoms with Crippen LogP contribution in [0.4, 0.5) is 10.1 Å². The molecule has 1 aromatic rings. The van der Waals surface area contributed by atoms with Gasteiger partial charge in [0.2, 0.25) is 0 Å². The molecule has 1 aliphatic rings. The van der Waals surface area contributed by atoms with Gasteiger partial charge in [0.05, 0.1) is 6.10 Å². The molecule has 3 nitrogen and oxygen atoms in total. The number of benzene rings is 1. The number of hydrogen-bond donors (Lipinski definition) is 2. The molecule has 0 aromatic heterocycles. The SMILES string of the molecule is CCCNCc1cc(F)ccc1N1CCC(O)C1. The fourth-order valence-corrected chi connectivity index (χ4v) is 2.36. The Morgan fingerprint density at radius 3 is 3.00 bits per heavy atom. The number of aliphatic hydroxyl groups is 1. The van der Waals surface area contributed by atoms with Crippen LogP contribution in [0.25, 0.3) is 0 Å². The fourth-order valence-electron chi connectivity index (χ4n) is 2.36. The number of halogens is 1. The van der Waals surface area contributed by atoms with E-state index in [9.17, 15) is 9.50 Å². The lowest BCUT2D eigenvalue weighted by atomic mass is 10.1. The van der Waals surface area contributed by atoms with Crippen molar-refractivity contribution in [1.82, 2.24) is 5.32 Å². The van der Waals surface area contributed by atoms with Gasteiger partial charge in [-0.1, -0.05) is 6.92 Å². The van der Waals surface area contributed by atoms with Gasteiger partial charge in [-0.15, -0.1) is 0 Å². The Morgan fingerprint density at radius 2 is 2.33 bits per heavy atom. The summed E-state index contributed by atoms with van der Waals surface area (Å²) in [5.41, 5.74) is 2.01. The van der Waals surface area contributed by atoms with Crippen molar-refractivity contribution < 1.29 is 9.50 Å². The molecule has 0 spiro atoms. The smallest absolute Gasteiger partial charge is 0.123 e. The third-order valence-electron chi connectivity index (χ3n) is 3.29. The van der Waals surface area contributed by atoms with Gasteiger partial charge in [-0.05, 0) is 43.1 Å². The number of hydrogen-bond acceptors (Lipinski definition) is 3. The van der Waals surface area contributed by atoms with Gasteiger partial charge in [-0.25, -0.2) is 4.39 Å². The first-order valence-corrected chi connectivity index (χ1v) is 6.63. The van der Waals surface area contributed by atoms with Crippen molar-refractivity contribution in [1.29, 1.82) is 0 Å². The molecule has 0 saturated carbocycles. The number of aliphatic hydroxyl groups excluding tert-OH is 1. The van der Waals surface area contributed by atoms with Crippen molar-refractivity contribution in [3.8, 4) is 0 Å². The Morgan fingerprint density at radius 1 is 1.50 bits per heavy atom. The maximum absolute atomic E-state index is 13.3. The van der Waals surface area contributed by atoms with Crippen LogP contribution in [0.15, 0.2) is 18.2 Å². The first kappa shape index (κ1) is 13.3. The highest BCUT2D eigenvalue weighted by molar-refractivity contribution is 5.54. The minimum absolute atomic E-state index is 0.202. The summed E-state index contributed by atoms with van der Waals surface area (Å²) in [7, 11) is 0. The summed E-state index contributed by atoms with van der Waals surface area (Å²) in [6.45, 7) is 5.20.